The number of likely N-dealkylation sites (tertiary alicyclic amines) is 1. The molecule has 1 atom stereocenters. The van der Waals surface area contributed by atoms with Crippen molar-refractivity contribution < 1.29 is 9.18 Å². The predicted octanol–water partition coefficient (Wildman–Crippen LogP) is 3.38. The standard InChI is InChI=1S/C20H19ClFN5O/c21-15-6-5-12(9-16(15)22)17(10-27-7-2-8-27)26-20-14-4-1-3-13(19(23)28)18(14)24-11-25-20/h1,3-6,9,11,17H,2,7-8,10H2,(H2,23,28)(H,24,25,26). The van der Waals surface area contributed by atoms with Gasteiger partial charge in [0.2, 0.25) is 0 Å². The number of para-hydroxylation sites is 1. The van der Waals surface area contributed by atoms with Crippen molar-refractivity contribution in [2.24, 2.45) is 5.73 Å². The monoisotopic (exact) mass is 399 g/mol. The number of benzene rings is 2. The topological polar surface area (TPSA) is 84.1 Å². The first-order valence-electron chi connectivity index (χ1n) is 9.00. The van der Waals surface area contributed by atoms with Crippen LogP contribution in [0.3, 0.4) is 0 Å². The third-order valence-electron chi connectivity index (χ3n) is 4.98. The van der Waals surface area contributed by atoms with E-state index in [0.29, 0.717) is 28.8 Å². The molecule has 1 fully saturated rings. The van der Waals surface area contributed by atoms with Crippen molar-refractivity contribution in [3.05, 3.63) is 64.7 Å². The Bertz CT molecular complexity index is 1040. The van der Waals surface area contributed by atoms with E-state index in [1.807, 2.05) is 6.07 Å². The van der Waals surface area contributed by atoms with Crippen LogP contribution < -0.4 is 11.1 Å². The van der Waals surface area contributed by atoms with E-state index in [4.69, 9.17) is 17.3 Å². The van der Waals surface area contributed by atoms with Gasteiger partial charge in [-0.2, -0.15) is 0 Å². The Labute approximate surface area is 166 Å². The Morgan fingerprint density at radius 2 is 2.11 bits per heavy atom. The first-order valence-corrected chi connectivity index (χ1v) is 9.38. The quantitative estimate of drug-likeness (QED) is 0.663. The SMILES string of the molecule is NC(=O)c1cccc2c(NC(CN3CCC3)c3ccc(Cl)c(F)c3)ncnc12. The first kappa shape index (κ1) is 18.6. The van der Waals surface area contributed by atoms with E-state index in [0.717, 1.165) is 25.1 Å². The van der Waals surface area contributed by atoms with Crippen molar-refractivity contribution in [1.29, 1.82) is 0 Å². The molecule has 1 aromatic heterocycles. The molecule has 1 amide bonds. The van der Waals surface area contributed by atoms with Gasteiger partial charge in [0.25, 0.3) is 5.91 Å². The number of nitrogens with one attached hydrogen (secondary N) is 1. The Morgan fingerprint density at radius 1 is 1.29 bits per heavy atom. The van der Waals surface area contributed by atoms with Crippen LogP contribution in [0, 0.1) is 5.82 Å². The minimum atomic E-state index is -0.549. The fourth-order valence-electron chi connectivity index (χ4n) is 3.35. The summed E-state index contributed by atoms with van der Waals surface area (Å²) in [7, 11) is 0. The summed E-state index contributed by atoms with van der Waals surface area (Å²) < 4.78 is 14.1. The number of hydrogen-bond acceptors (Lipinski definition) is 5. The number of halogens is 2. The molecular formula is C20H19ClFN5O. The lowest BCUT2D eigenvalue weighted by Gasteiger charge is -2.35. The Kier molecular flexibility index (Phi) is 5.11. The zero-order valence-corrected chi connectivity index (χ0v) is 15.8. The van der Waals surface area contributed by atoms with Crippen LogP contribution in [0.4, 0.5) is 10.2 Å². The van der Waals surface area contributed by atoms with Gasteiger partial charge in [-0.1, -0.05) is 23.7 Å². The van der Waals surface area contributed by atoms with Crippen molar-refractivity contribution in [3.63, 3.8) is 0 Å². The molecule has 0 bridgehead atoms. The van der Waals surface area contributed by atoms with Crippen LogP contribution in [0.15, 0.2) is 42.7 Å². The summed E-state index contributed by atoms with van der Waals surface area (Å²) in [6.07, 6.45) is 2.54. The van der Waals surface area contributed by atoms with Crippen LogP contribution in [0.2, 0.25) is 5.02 Å². The van der Waals surface area contributed by atoms with E-state index in [1.165, 1.54) is 12.4 Å². The molecule has 144 valence electrons. The summed E-state index contributed by atoms with van der Waals surface area (Å²) in [4.78, 5) is 22.6. The molecule has 6 nitrogen and oxygen atoms in total. The smallest absolute Gasteiger partial charge is 0.250 e. The van der Waals surface area contributed by atoms with Gasteiger partial charge in [-0.25, -0.2) is 14.4 Å². The van der Waals surface area contributed by atoms with E-state index >= 15 is 0 Å². The number of carbonyl (C=O) groups is 1. The number of amides is 1. The first-order chi connectivity index (χ1) is 13.5. The van der Waals surface area contributed by atoms with Gasteiger partial charge in [-0.05, 0) is 49.3 Å². The molecule has 0 aliphatic carbocycles. The van der Waals surface area contributed by atoms with Crippen molar-refractivity contribution in [1.82, 2.24) is 14.9 Å². The van der Waals surface area contributed by atoms with Gasteiger partial charge >= 0.3 is 0 Å². The van der Waals surface area contributed by atoms with Gasteiger partial charge < -0.3 is 16.0 Å². The fourth-order valence-corrected chi connectivity index (χ4v) is 3.47. The number of anilines is 1. The highest BCUT2D eigenvalue weighted by molar-refractivity contribution is 6.30. The molecule has 2 aromatic carbocycles. The van der Waals surface area contributed by atoms with Crippen molar-refractivity contribution in [3.8, 4) is 0 Å². The van der Waals surface area contributed by atoms with Crippen molar-refractivity contribution >= 4 is 34.2 Å². The van der Waals surface area contributed by atoms with E-state index < -0.39 is 11.7 Å². The highest BCUT2D eigenvalue weighted by Crippen LogP contribution is 2.29. The highest BCUT2D eigenvalue weighted by Gasteiger charge is 2.23. The lowest BCUT2D eigenvalue weighted by atomic mass is 10.0. The summed E-state index contributed by atoms with van der Waals surface area (Å²) in [5.41, 5.74) is 7.05. The number of nitrogens with zero attached hydrogens (tertiary/aromatic N) is 3. The Balaban J connectivity index is 1.73. The molecule has 1 unspecified atom stereocenters. The molecule has 0 radical (unpaired) electrons. The number of carbonyl (C=O) groups excluding carboxylic acids is 1. The van der Waals surface area contributed by atoms with Crippen molar-refractivity contribution in [2.75, 3.05) is 25.0 Å². The normalized spacial score (nSPS) is 15.2. The Hall–Kier alpha value is -2.77. The molecule has 0 saturated carbocycles. The second-order valence-electron chi connectivity index (χ2n) is 6.81. The lowest BCUT2D eigenvalue weighted by molar-refractivity contribution is 0.100. The number of nitrogens with two attached hydrogens (primary N) is 1. The summed E-state index contributed by atoms with van der Waals surface area (Å²) in [6.45, 7) is 2.71. The van der Waals surface area contributed by atoms with Crippen LogP contribution >= 0.6 is 11.6 Å². The van der Waals surface area contributed by atoms with Gasteiger partial charge in [0.05, 0.1) is 22.1 Å². The lowest BCUT2D eigenvalue weighted by Crippen LogP contribution is -2.41. The van der Waals surface area contributed by atoms with E-state index in [2.05, 4.69) is 20.2 Å². The minimum Gasteiger partial charge on any atom is -0.366 e. The van der Waals surface area contributed by atoms with Crippen LogP contribution in [0.1, 0.15) is 28.4 Å². The molecule has 4 rings (SSSR count). The van der Waals surface area contributed by atoms with Gasteiger partial charge in [0.1, 0.15) is 18.0 Å². The van der Waals surface area contributed by atoms with E-state index in [9.17, 15) is 9.18 Å². The minimum absolute atomic E-state index is 0.0880. The van der Waals surface area contributed by atoms with Gasteiger partial charge in [0.15, 0.2) is 0 Å². The predicted molar refractivity (Wildman–Crippen MR) is 107 cm³/mol. The molecule has 1 aliphatic heterocycles. The largest absolute Gasteiger partial charge is 0.366 e. The van der Waals surface area contributed by atoms with E-state index in [-0.39, 0.29) is 11.1 Å². The summed E-state index contributed by atoms with van der Waals surface area (Å²) in [5, 5.41) is 4.17. The zero-order chi connectivity index (χ0) is 19.7. The average molecular weight is 400 g/mol. The number of aromatic nitrogens is 2. The zero-order valence-electron chi connectivity index (χ0n) is 15.0. The number of fused-ring (bicyclic) bond motifs is 1. The average Bonchev–Trinajstić information content (AvgIpc) is 2.65. The van der Waals surface area contributed by atoms with Gasteiger partial charge in [-0.15, -0.1) is 0 Å². The molecule has 2 heterocycles. The summed E-state index contributed by atoms with van der Waals surface area (Å²) >= 11 is 5.84. The fraction of sp³-hybridized carbons (Fsp3) is 0.250. The highest BCUT2D eigenvalue weighted by atomic mass is 35.5. The molecule has 28 heavy (non-hydrogen) atoms. The summed E-state index contributed by atoms with van der Waals surface area (Å²) in [6, 6.07) is 9.80. The molecule has 1 aliphatic rings. The van der Waals surface area contributed by atoms with Crippen molar-refractivity contribution in [2.45, 2.75) is 12.5 Å². The summed E-state index contributed by atoms with van der Waals surface area (Å²) in [5.74, 6) is -0.445. The number of rotatable bonds is 6. The molecule has 1 saturated heterocycles. The molecule has 8 heteroatoms. The van der Waals surface area contributed by atoms with Crippen LogP contribution in [-0.2, 0) is 0 Å². The second kappa shape index (κ2) is 7.69. The number of hydrogen-bond donors (Lipinski definition) is 2. The Morgan fingerprint density at radius 3 is 2.79 bits per heavy atom. The molecule has 3 N–H and O–H groups in total. The molecule has 0 spiro atoms. The van der Waals surface area contributed by atoms with Gasteiger partial charge in [0, 0.05) is 11.9 Å². The van der Waals surface area contributed by atoms with Crippen LogP contribution in [0.25, 0.3) is 10.9 Å². The maximum atomic E-state index is 14.1. The maximum absolute atomic E-state index is 14.1. The molecular weight excluding hydrogens is 381 g/mol. The number of primary amides is 1. The molecule has 3 aromatic rings. The maximum Gasteiger partial charge on any atom is 0.250 e. The van der Waals surface area contributed by atoms with E-state index in [1.54, 1.807) is 24.3 Å². The second-order valence-corrected chi connectivity index (χ2v) is 7.22. The third-order valence-corrected chi connectivity index (χ3v) is 5.28. The third kappa shape index (κ3) is 3.63. The van der Waals surface area contributed by atoms with Crippen LogP contribution in [-0.4, -0.2) is 40.4 Å². The van der Waals surface area contributed by atoms with Gasteiger partial charge in [-0.3, -0.25) is 4.79 Å². The van der Waals surface area contributed by atoms with Crippen LogP contribution in [0.5, 0.6) is 0 Å².